The number of carbonyl (C=O) groups is 1. The van der Waals surface area contributed by atoms with Gasteiger partial charge in [-0.15, -0.1) is 0 Å². The van der Waals surface area contributed by atoms with E-state index in [-0.39, 0.29) is 23.1 Å². The highest BCUT2D eigenvalue weighted by atomic mass is 35.5. The summed E-state index contributed by atoms with van der Waals surface area (Å²) in [6, 6.07) is 23.5. The Bertz CT molecular complexity index is 1500. The molecule has 0 saturated carbocycles. The second kappa shape index (κ2) is 9.69. The lowest BCUT2D eigenvalue weighted by Gasteiger charge is -2.31. The smallest absolute Gasteiger partial charge is 0.268 e. The van der Waals surface area contributed by atoms with Gasteiger partial charge in [0.15, 0.2) is 5.16 Å². The van der Waals surface area contributed by atoms with Crippen molar-refractivity contribution in [2.24, 2.45) is 0 Å². The molecule has 1 aromatic heterocycles. The molecule has 1 amide bonds. The molecule has 1 aliphatic rings. The number of sulfonamides is 1. The monoisotopic (exact) mass is 522 g/mol. The molecule has 0 aliphatic carbocycles. The van der Waals surface area contributed by atoms with Crippen LogP contribution in [0.4, 0.5) is 11.4 Å². The molecule has 0 unspecified atom stereocenters. The van der Waals surface area contributed by atoms with Gasteiger partial charge in [-0.1, -0.05) is 71.9 Å². The largest absolute Gasteiger partial charge is 0.325 e. The minimum atomic E-state index is -3.88. The predicted octanol–water partition coefficient (Wildman–Crippen LogP) is 5.24. The summed E-state index contributed by atoms with van der Waals surface area (Å²) < 4.78 is 28.5. The Labute approximate surface area is 212 Å². The first-order valence-corrected chi connectivity index (χ1v) is 13.4. The van der Waals surface area contributed by atoms with Crippen LogP contribution in [0.25, 0.3) is 11.3 Å². The van der Waals surface area contributed by atoms with E-state index in [0.29, 0.717) is 32.8 Å². The van der Waals surface area contributed by atoms with Crippen molar-refractivity contribution in [3.63, 3.8) is 0 Å². The Morgan fingerprint density at radius 3 is 2.46 bits per heavy atom. The van der Waals surface area contributed by atoms with Gasteiger partial charge in [-0.3, -0.25) is 9.10 Å². The van der Waals surface area contributed by atoms with Gasteiger partial charge in [0.2, 0.25) is 5.91 Å². The summed E-state index contributed by atoms with van der Waals surface area (Å²) >= 11 is 7.01. The van der Waals surface area contributed by atoms with Crippen LogP contribution in [0, 0.1) is 0 Å². The maximum absolute atomic E-state index is 13.5. The van der Waals surface area contributed by atoms with Crippen LogP contribution in [0.1, 0.15) is 5.56 Å². The number of para-hydroxylation sites is 1. The fourth-order valence-electron chi connectivity index (χ4n) is 3.73. The summed E-state index contributed by atoms with van der Waals surface area (Å²) in [5, 5.41) is 3.68. The van der Waals surface area contributed by atoms with Crippen LogP contribution in [0.15, 0.2) is 95.1 Å². The van der Waals surface area contributed by atoms with Crippen LogP contribution in [-0.4, -0.2) is 30.0 Å². The van der Waals surface area contributed by atoms with Crippen LogP contribution < -0.4 is 9.62 Å². The molecule has 0 radical (unpaired) electrons. The lowest BCUT2D eigenvalue weighted by Crippen LogP contribution is -2.34. The number of halogens is 1. The number of hydrogen-bond acceptors (Lipinski definition) is 6. The molecule has 0 saturated heterocycles. The van der Waals surface area contributed by atoms with E-state index in [2.05, 4.69) is 15.3 Å². The normalized spacial score (nSPS) is 13.6. The zero-order valence-electron chi connectivity index (χ0n) is 18.3. The number of nitrogens with one attached hydrogen (secondary N) is 1. The van der Waals surface area contributed by atoms with Crippen LogP contribution in [0.3, 0.4) is 0 Å². The molecule has 35 heavy (non-hydrogen) atoms. The number of aromatic nitrogens is 2. The number of hydrogen-bond donors (Lipinski definition) is 1. The predicted molar refractivity (Wildman–Crippen MR) is 138 cm³/mol. The summed E-state index contributed by atoms with van der Waals surface area (Å²) in [6.45, 7) is 0.195. The Morgan fingerprint density at radius 2 is 1.69 bits per heavy atom. The Hall–Kier alpha value is -3.40. The molecular formula is C25H19ClN4O3S2. The average Bonchev–Trinajstić information content (AvgIpc) is 2.87. The van der Waals surface area contributed by atoms with Crippen molar-refractivity contribution >= 4 is 50.7 Å². The molecule has 1 N–H and O–H groups in total. The number of fused-ring (bicyclic) bond motifs is 3. The van der Waals surface area contributed by atoms with Crippen LogP contribution in [0.5, 0.6) is 0 Å². The van der Waals surface area contributed by atoms with Gasteiger partial charge in [0, 0.05) is 16.3 Å². The zero-order valence-corrected chi connectivity index (χ0v) is 20.6. The summed E-state index contributed by atoms with van der Waals surface area (Å²) in [5.41, 5.74) is 3.08. The molecule has 5 rings (SSSR count). The quantitative estimate of drug-likeness (QED) is 0.275. The minimum absolute atomic E-state index is 0.0436. The standard InChI is InChI=1S/C25H19ClN4O3S2/c26-18-10-12-19(13-11-18)28-23(31)16-34-25-27-14-22-24(29-25)20-8-4-5-9-21(20)30(35(22,32)33)15-17-6-2-1-3-7-17/h1-14H,15-16H2,(H,28,31). The Balaban J connectivity index is 1.40. The fourth-order valence-corrected chi connectivity index (χ4v) is 6.03. The third-order valence-electron chi connectivity index (χ3n) is 5.36. The van der Waals surface area contributed by atoms with Crippen molar-refractivity contribution in [2.45, 2.75) is 16.6 Å². The minimum Gasteiger partial charge on any atom is -0.325 e. The summed E-state index contributed by atoms with van der Waals surface area (Å²) in [6.07, 6.45) is 1.32. The molecule has 0 atom stereocenters. The highest BCUT2D eigenvalue weighted by Gasteiger charge is 2.36. The van der Waals surface area contributed by atoms with Crippen molar-refractivity contribution in [3.8, 4) is 11.3 Å². The van der Waals surface area contributed by atoms with Gasteiger partial charge < -0.3 is 5.32 Å². The topological polar surface area (TPSA) is 92.3 Å². The first kappa shape index (κ1) is 23.3. The van der Waals surface area contributed by atoms with E-state index in [1.165, 1.54) is 10.5 Å². The molecule has 3 aromatic carbocycles. The number of amides is 1. The molecule has 0 fully saturated rings. The first-order valence-electron chi connectivity index (χ1n) is 10.6. The van der Waals surface area contributed by atoms with Crippen molar-refractivity contribution < 1.29 is 13.2 Å². The van der Waals surface area contributed by atoms with E-state index < -0.39 is 10.0 Å². The number of thioether (sulfide) groups is 1. The van der Waals surface area contributed by atoms with E-state index in [9.17, 15) is 13.2 Å². The molecular weight excluding hydrogens is 504 g/mol. The molecule has 0 bridgehead atoms. The van der Waals surface area contributed by atoms with Crippen LogP contribution >= 0.6 is 23.4 Å². The number of carbonyl (C=O) groups excluding carboxylic acids is 1. The van der Waals surface area contributed by atoms with Gasteiger partial charge in [0.25, 0.3) is 10.0 Å². The lowest BCUT2D eigenvalue weighted by atomic mass is 10.1. The average molecular weight is 523 g/mol. The molecule has 10 heteroatoms. The number of rotatable bonds is 6. The second-order valence-corrected chi connectivity index (χ2v) is 10.9. The maximum atomic E-state index is 13.5. The Morgan fingerprint density at radius 1 is 0.971 bits per heavy atom. The number of benzene rings is 3. The summed E-state index contributed by atoms with van der Waals surface area (Å²) in [7, 11) is -3.88. The van der Waals surface area contributed by atoms with Gasteiger partial charge in [0.1, 0.15) is 4.90 Å². The van der Waals surface area contributed by atoms with Gasteiger partial charge in [-0.2, -0.15) is 0 Å². The number of nitrogens with zero attached hydrogens (tertiary/aromatic N) is 3. The van der Waals surface area contributed by atoms with E-state index in [0.717, 1.165) is 17.3 Å². The SMILES string of the molecule is O=C(CSc1ncc2c(n1)-c1ccccc1N(Cc1ccccc1)S2(=O)=O)Nc1ccc(Cl)cc1. The highest BCUT2D eigenvalue weighted by Crippen LogP contribution is 2.42. The second-order valence-electron chi connectivity index (χ2n) is 7.72. The van der Waals surface area contributed by atoms with Crippen molar-refractivity contribution in [3.05, 3.63) is 95.6 Å². The third kappa shape index (κ3) is 4.88. The number of anilines is 2. The van der Waals surface area contributed by atoms with Crippen molar-refractivity contribution in [2.75, 3.05) is 15.4 Å². The van der Waals surface area contributed by atoms with Gasteiger partial charge in [-0.25, -0.2) is 18.4 Å². The lowest BCUT2D eigenvalue weighted by molar-refractivity contribution is -0.113. The molecule has 1 aliphatic heterocycles. The first-order chi connectivity index (χ1) is 16.9. The highest BCUT2D eigenvalue weighted by molar-refractivity contribution is 7.99. The van der Waals surface area contributed by atoms with Crippen LogP contribution in [-0.2, 0) is 21.4 Å². The summed E-state index contributed by atoms with van der Waals surface area (Å²) in [5.74, 6) is -0.170. The molecule has 2 heterocycles. The van der Waals surface area contributed by atoms with Crippen molar-refractivity contribution in [1.29, 1.82) is 0 Å². The third-order valence-corrected chi connectivity index (χ3v) is 8.23. The van der Waals surface area contributed by atoms with E-state index in [4.69, 9.17) is 11.6 Å². The van der Waals surface area contributed by atoms with E-state index in [1.807, 2.05) is 42.5 Å². The molecule has 4 aromatic rings. The summed E-state index contributed by atoms with van der Waals surface area (Å²) in [4.78, 5) is 21.2. The molecule has 176 valence electrons. The van der Waals surface area contributed by atoms with E-state index in [1.54, 1.807) is 36.4 Å². The molecule has 7 nitrogen and oxygen atoms in total. The molecule has 0 spiro atoms. The maximum Gasteiger partial charge on any atom is 0.268 e. The van der Waals surface area contributed by atoms with Crippen molar-refractivity contribution in [1.82, 2.24) is 9.97 Å². The zero-order chi connectivity index (χ0) is 24.4. The van der Waals surface area contributed by atoms with Gasteiger partial charge >= 0.3 is 0 Å². The van der Waals surface area contributed by atoms with Crippen LogP contribution in [0.2, 0.25) is 5.02 Å². The van der Waals surface area contributed by atoms with Gasteiger partial charge in [0.05, 0.1) is 29.9 Å². The van der Waals surface area contributed by atoms with E-state index >= 15 is 0 Å². The Kier molecular flexibility index (Phi) is 6.46. The fraction of sp³-hybridized carbons (Fsp3) is 0.0800. The van der Waals surface area contributed by atoms with Gasteiger partial charge in [-0.05, 0) is 35.9 Å².